The van der Waals surface area contributed by atoms with Crippen LogP contribution in [0.5, 0.6) is 0 Å². The summed E-state index contributed by atoms with van der Waals surface area (Å²) in [7, 11) is 2.01. The lowest BCUT2D eigenvalue weighted by Gasteiger charge is -2.63. The quantitative estimate of drug-likeness (QED) is 0.625. The largest absolute Gasteiger partial charge is 0.377 e. The lowest BCUT2D eigenvalue weighted by molar-refractivity contribution is -0.171. The van der Waals surface area contributed by atoms with Gasteiger partial charge in [0.2, 0.25) is 0 Å². The molecule has 1 spiro atoms. The molecule has 7 nitrogen and oxygen atoms in total. The van der Waals surface area contributed by atoms with Crippen molar-refractivity contribution in [2.75, 3.05) is 6.61 Å². The molecule has 3 aliphatic carbocycles. The molecule has 5 rings (SSSR count). The van der Waals surface area contributed by atoms with E-state index in [1.165, 1.54) is 51.4 Å². The van der Waals surface area contributed by atoms with Crippen LogP contribution >= 0.6 is 0 Å². The predicted molar refractivity (Wildman–Crippen MR) is 103 cm³/mol. The van der Waals surface area contributed by atoms with Crippen molar-refractivity contribution >= 4 is 5.96 Å². The summed E-state index contributed by atoms with van der Waals surface area (Å²) in [6, 6.07) is 1.05. The molecular weight excluding hydrogens is 340 g/mol. The molecule has 7 heteroatoms. The maximum Gasteiger partial charge on any atom is 0.192 e. The van der Waals surface area contributed by atoms with Crippen molar-refractivity contribution in [3.8, 4) is 0 Å². The van der Waals surface area contributed by atoms with Crippen molar-refractivity contribution in [1.82, 2.24) is 25.4 Å². The number of hydrogen-bond acceptors (Lipinski definition) is 4. The second kappa shape index (κ2) is 6.76. The number of fused-ring (bicyclic) bond motifs is 2. The molecule has 2 heterocycles. The van der Waals surface area contributed by atoms with Crippen LogP contribution in [0.4, 0.5) is 0 Å². The second-order valence-electron chi connectivity index (χ2n) is 8.97. The number of nitrogens with one attached hydrogen (secondary N) is 2. The third-order valence-corrected chi connectivity index (χ3v) is 7.59. The maximum absolute atomic E-state index is 6.08. The van der Waals surface area contributed by atoms with Crippen LogP contribution in [0.25, 0.3) is 0 Å². The highest BCUT2D eigenvalue weighted by Gasteiger charge is 2.66. The first-order valence-corrected chi connectivity index (χ1v) is 10.7. The van der Waals surface area contributed by atoms with Crippen molar-refractivity contribution < 1.29 is 4.74 Å². The molecule has 4 fully saturated rings. The average Bonchev–Trinajstić information content (AvgIpc) is 3.33. The number of hydrogen-bond donors (Lipinski definition) is 2. The smallest absolute Gasteiger partial charge is 0.192 e. The Kier molecular flexibility index (Phi) is 4.37. The molecule has 0 bridgehead atoms. The molecule has 3 unspecified atom stereocenters. The molecule has 148 valence electrons. The molecule has 3 saturated carbocycles. The Hall–Kier alpha value is -1.63. The number of aliphatic imine (C=N–C) groups is 1. The highest BCUT2D eigenvalue weighted by molar-refractivity contribution is 5.80. The molecule has 0 amide bonds. The molecular formula is C20H32N6O. The number of ether oxygens (including phenoxy) is 1. The van der Waals surface area contributed by atoms with Crippen molar-refractivity contribution in [3.05, 3.63) is 11.6 Å². The monoisotopic (exact) mass is 372 g/mol. The van der Waals surface area contributed by atoms with E-state index in [-0.39, 0.29) is 0 Å². The van der Waals surface area contributed by atoms with E-state index in [1.54, 1.807) is 0 Å². The van der Waals surface area contributed by atoms with E-state index < -0.39 is 0 Å². The van der Waals surface area contributed by atoms with E-state index in [9.17, 15) is 0 Å². The Morgan fingerprint density at radius 1 is 1.19 bits per heavy atom. The van der Waals surface area contributed by atoms with Crippen LogP contribution in [0, 0.1) is 18.3 Å². The summed E-state index contributed by atoms with van der Waals surface area (Å²) < 4.78 is 8.10. The van der Waals surface area contributed by atoms with Gasteiger partial charge in [0, 0.05) is 37.1 Å². The van der Waals surface area contributed by atoms with E-state index >= 15 is 0 Å². The number of rotatable bonds is 4. The minimum Gasteiger partial charge on any atom is -0.377 e. The zero-order valence-electron chi connectivity index (χ0n) is 16.6. The average molecular weight is 373 g/mol. The van der Waals surface area contributed by atoms with Crippen LogP contribution in [0.3, 0.4) is 0 Å². The van der Waals surface area contributed by atoms with Crippen molar-refractivity contribution in [2.24, 2.45) is 23.4 Å². The van der Waals surface area contributed by atoms with Gasteiger partial charge in [0.1, 0.15) is 12.4 Å². The van der Waals surface area contributed by atoms with Gasteiger partial charge in [0.25, 0.3) is 0 Å². The van der Waals surface area contributed by atoms with Gasteiger partial charge in [-0.05, 0) is 39.0 Å². The number of guanidine groups is 1. The number of aryl methyl sites for hydroxylation is 1. The van der Waals surface area contributed by atoms with Gasteiger partial charge in [-0.25, -0.2) is 4.99 Å². The van der Waals surface area contributed by atoms with Gasteiger partial charge in [0.15, 0.2) is 11.8 Å². The van der Waals surface area contributed by atoms with Gasteiger partial charge in [-0.1, -0.05) is 19.3 Å². The van der Waals surface area contributed by atoms with E-state index in [2.05, 4.69) is 20.8 Å². The second-order valence-corrected chi connectivity index (χ2v) is 8.97. The Bertz CT molecular complexity index is 718. The fourth-order valence-corrected chi connectivity index (χ4v) is 5.74. The highest BCUT2D eigenvalue weighted by Crippen LogP contribution is 2.62. The van der Waals surface area contributed by atoms with Gasteiger partial charge in [-0.15, -0.1) is 10.2 Å². The number of aromatic nitrogens is 3. The summed E-state index contributed by atoms with van der Waals surface area (Å²) in [5.41, 5.74) is 0.362. The summed E-state index contributed by atoms with van der Waals surface area (Å²) in [5, 5.41) is 16.0. The molecule has 1 aliphatic heterocycles. The van der Waals surface area contributed by atoms with Gasteiger partial charge >= 0.3 is 0 Å². The standard InChI is InChI=1S/C20H32N6O/c1-13-24-25-16(26(13)2)12-21-19(22-14-6-3-4-7-14)23-17-15-8-11-27-18(15)20(17)9-5-10-20/h14-15,17-18H,3-12H2,1-2H3,(H2,21,22,23). The topological polar surface area (TPSA) is 76.4 Å². The SMILES string of the molecule is Cc1nnc(CN=C(NC2CCCC2)NC2C3CCOC3C23CCC3)n1C. The zero-order chi connectivity index (χ0) is 18.4. The summed E-state index contributed by atoms with van der Waals surface area (Å²) in [6.45, 7) is 3.46. The molecule has 1 saturated heterocycles. The summed E-state index contributed by atoms with van der Waals surface area (Å²) in [5.74, 6) is 3.45. The predicted octanol–water partition coefficient (Wildman–Crippen LogP) is 2.06. The van der Waals surface area contributed by atoms with Gasteiger partial charge < -0.3 is 19.9 Å². The zero-order valence-corrected chi connectivity index (χ0v) is 16.6. The molecule has 1 aromatic rings. The fraction of sp³-hybridized carbons (Fsp3) is 0.850. The van der Waals surface area contributed by atoms with Gasteiger partial charge in [0.05, 0.1) is 6.10 Å². The number of nitrogens with zero attached hydrogens (tertiary/aromatic N) is 4. The molecule has 2 N–H and O–H groups in total. The molecule has 0 radical (unpaired) electrons. The van der Waals surface area contributed by atoms with Gasteiger partial charge in [-0.3, -0.25) is 0 Å². The van der Waals surface area contributed by atoms with Gasteiger partial charge in [-0.2, -0.15) is 0 Å². The fourth-order valence-electron chi connectivity index (χ4n) is 5.74. The third-order valence-electron chi connectivity index (χ3n) is 7.59. The van der Waals surface area contributed by atoms with E-state index in [0.717, 1.165) is 24.2 Å². The minimum absolute atomic E-state index is 0.362. The minimum atomic E-state index is 0.362. The van der Waals surface area contributed by atoms with Crippen LogP contribution in [0.15, 0.2) is 4.99 Å². The summed E-state index contributed by atoms with van der Waals surface area (Å²) in [6.07, 6.45) is 10.7. The first kappa shape index (κ1) is 17.5. The van der Waals surface area contributed by atoms with Crippen molar-refractivity contribution in [1.29, 1.82) is 0 Å². The van der Waals surface area contributed by atoms with Crippen LogP contribution in [-0.2, 0) is 18.3 Å². The Balaban J connectivity index is 1.33. The lowest BCUT2D eigenvalue weighted by atomic mass is 9.46. The first-order chi connectivity index (χ1) is 13.2. The van der Waals surface area contributed by atoms with Crippen LogP contribution in [-0.4, -0.2) is 45.5 Å². The van der Waals surface area contributed by atoms with Crippen LogP contribution in [0.2, 0.25) is 0 Å². The van der Waals surface area contributed by atoms with E-state index in [1.807, 2.05) is 18.5 Å². The first-order valence-electron chi connectivity index (χ1n) is 10.7. The lowest BCUT2D eigenvalue weighted by Crippen LogP contribution is -2.72. The van der Waals surface area contributed by atoms with Crippen LogP contribution in [0.1, 0.15) is 63.0 Å². The summed E-state index contributed by atoms with van der Waals surface area (Å²) in [4.78, 5) is 4.92. The highest BCUT2D eigenvalue weighted by atomic mass is 16.5. The summed E-state index contributed by atoms with van der Waals surface area (Å²) >= 11 is 0. The van der Waals surface area contributed by atoms with Crippen molar-refractivity contribution in [2.45, 2.75) is 83.0 Å². The van der Waals surface area contributed by atoms with E-state index in [4.69, 9.17) is 9.73 Å². The molecule has 1 aromatic heterocycles. The third kappa shape index (κ3) is 2.85. The normalized spacial score (nSPS) is 32.2. The molecule has 3 atom stereocenters. The Labute approximate surface area is 161 Å². The Morgan fingerprint density at radius 2 is 2.00 bits per heavy atom. The Morgan fingerprint density at radius 3 is 2.67 bits per heavy atom. The van der Waals surface area contributed by atoms with E-state index in [0.29, 0.717) is 36.1 Å². The van der Waals surface area contributed by atoms with Crippen LogP contribution < -0.4 is 10.6 Å². The molecule has 27 heavy (non-hydrogen) atoms. The molecule has 0 aromatic carbocycles. The van der Waals surface area contributed by atoms with Crippen molar-refractivity contribution in [3.63, 3.8) is 0 Å². The maximum atomic E-state index is 6.08. The molecule has 4 aliphatic rings.